The van der Waals surface area contributed by atoms with E-state index in [2.05, 4.69) is 0 Å². The molecule has 2 atom stereocenters. The van der Waals surface area contributed by atoms with Crippen LogP contribution in [-0.4, -0.2) is 32.2 Å². The molecule has 0 bridgehead atoms. The number of rotatable bonds is 3. The largest absolute Gasteiger partial charge is 0.480 e. The van der Waals surface area contributed by atoms with Gasteiger partial charge in [-0.1, -0.05) is 12.2 Å². The molecule has 0 spiro atoms. The zero-order valence-corrected chi connectivity index (χ0v) is 11.7. The Labute approximate surface area is 122 Å². The quantitative estimate of drug-likeness (QED) is 0.883. The summed E-state index contributed by atoms with van der Waals surface area (Å²) in [7, 11) is -1.75. The normalized spacial score (nSPS) is 20.7. The Balaban J connectivity index is 1.95. The highest BCUT2D eigenvalue weighted by molar-refractivity contribution is 7.82. The van der Waals surface area contributed by atoms with Crippen molar-refractivity contribution in [2.45, 2.75) is 17.6 Å². The topological polar surface area (TPSA) is 70.8 Å². The molecule has 0 radical (unpaired) electrons. The lowest BCUT2D eigenvalue weighted by atomic mass is 10.1. The standard InChI is InChI=1S/C14H12FNO4S/c15-10-4-5-12-9(7-10)8-13(20-12)21(19)16-6-2-1-3-11(16)14(17)18/h1-2,4-5,7-8,11H,3,6H2,(H,17,18). The van der Waals surface area contributed by atoms with Gasteiger partial charge in [0, 0.05) is 18.0 Å². The average Bonchev–Trinajstić information content (AvgIpc) is 2.89. The van der Waals surface area contributed by atoms with Crippen LogP contribution < -0.4 is 0 Å². The molecule has 0 amide bonds. The molecule has 0 fully saturated rings. The van der Waals surface area contributed by atoms with E-state index in [9.17, 15) is 18.5 Å². The zero-order chi connectivity index (χ0) is 15.0. The highest BCUT2D eigenvalue weighted by Gasteiger charge is 2.32. The number of hydrogen-bond donors (Lipinski definition) is 1. The maximum absolute atomic E-state index is 13.2. The van der Waals surface area contributed by atoms with Crippen molar-refractivity contribution < 1.29 is 22.9 Å². The van der Waals surface area contributed by atoms with E-state index in [1.807, 2.05) is 0 Å². The molecule has 1 aromatic carbocycles. The number of benzene rings is 1. The van der Waals surface area contributed by atoms with Gasteiger partial charge in [0.1, 0.15) is 17.4 Å². The molecule has 2 unspecified atom stereocenters. The van der Waals surface area contributed by atoms with Gasteiger partial charge in [-0.3, -0.25) is 4.79 Å². The Hall–Kier alpha value is -1.99. The van der Waals surface area contributed by atoms with Gasteiger partial charge in [-0.25, -0.2) is 8.60 Å². The van der Waals surface area contributed by atoms with Gasteiger partial charge in [0.25, 0.3) is 0 Å². The van der Waals surface area contributed by atoms with Crippen molar-refractivity contribution in [3.63, 3.8) is 0 Å². The molecule has 1 aliphatic heterocycles. The van der Waals surface area contributed by atoms with E-state index in [-0.39, 0.29) is 18.1 Å². The molecule has 1 N–H and O–H groups in total. The second-order valence-electron chi connectivity index (χ2n) is 4.66. The van der Waals surface area contributed by atoms with E-state index in [4.69, 9.17) is 4.42 Å². The van der Waals surface area contributed by atoms with Crippen LogP contribution in [0.15, 0.2) is 45.9 Å². The summed E-state index contributed by atoms with van der Waals surface area (Å²) in [5.74, 6) is -1.44. The van der Waals surface area contributed by atoms with E-state index in [1.165, 1.54) is 28.6 Å². The number of carbonyl (C=O) groups is 1. The first kappa shape index (κ1) is 14.0. The van der Waals surface area contributed by atoms with E-state index in [0.717, 1.165) is 0 Å². The first-order valence-electron chi connectivity index (χ1n) is 6.31. The lowest BCUT2D eigenvalue weighted by Crippen LogP contribution is -2.43. The predicted molar refractivity (Wildman–Crippen MR) is 74.5 cm³/mol. The molecule has 3 rings (SSSR count). The van der Waals surface area contributed by atoms with Crippen LogP contribution in [0, 0.1) is 5.82 Å². The first-order chi connectivity index (χ1) is 10.1. The Kier molecular flexibility index (Phi) is 3.60. The Morgan fingerprint density at radius 3 is 2.95 bits per heavy atom. The number of carboxylic acids is 1. The Morgan fingerprint density at radius 2 is 2.19 bits per heavy atom. The predicted octanol–water partition coefficient (Wildman–Crippen LogP) is 2.31. The van der Waals surface area contributed by atoms with E-state index in [0.29, 0.717) is 11.0 Å². The summed E-state index contributed by atoms with van der Waals surface area (Å²) in [5.41, 5.74) is 0.416. The maximum Gasteiger partial charge on any atom is 0.322 e. The van der Waals surface area contributed by atoms with E-state index >= 15 is 0 Å². The fraction of sp³-hybridized carbons (Fsp3) is 0.214. The summed E-state index contributed by atoms with van der Waals surface area (Å²) in [4.78, 5) is 11.2. The summed E-state index contributed by atoms with van der Waals surface area (Å²) in [6.45, 7) is 0.259. The SMILES string of the molecule is O=C(O)C1CC=CCN1S(=O)c1cc2cc(F)ccc2o1. The summed E-state index contributed by atoms with van der Waals surface area (Å²) in [5, 5.41) is 9.81. The molecule has 1 aliphatic rings. The fourth-order valence-electron chi connectivity index (χ4n) is 2.25. The number of aliphatic carboxylic acids is 1. The molecule has 0 saturated carbocycles. The lowest BCUT2D eigenvalue weighted by Gasteiger charge is -2.27. The van der Waals surface area contributed by atoms with Crippen LogP contribution in [0.1, 0.15) is 6.42 Å². The van der Waals surface area contributed by atoms with Crippen molar-refractivity contribution in [2.75, 3.05) is 6.54 Å². The molecule has 0 aliphatic carbocycles. The van der Waals surface area contributed by atoms with Gasteiger partial charge in [0.05, 0.1) is 0 Å². The number of nitrogens with zero attached hydrogens (tertiary/aromatic N) is 1. The van der Waals surface area contributed by atoms with Crippen molar-refractivity contribution in [3.05, 3.63) is 42.2 Å². The minimum absolute atomic E-state index is 0.122. The van der Waals surface area contributed by atoms with Crippen molar-refractivity contribution in [2.24, 2.45) is 0 Å². The number of carboxylic acid groups (broad SMARTS) is 1. The molecule has 5 nitrogen and oxygen atoms in total. The average molecular weight is 309 g/mol. The zero-order valence-electron chi connectivity index (χ0n) is 10.9. The molecule has 7 heteroatoms. The van der Waals surface area contributed by atoms with Crippen molar-refractivity contribution in [1.82, 2.24) is 4.31 Å². The van der Waals surface area contributed by atoms with Gasteiger partial charge >= 0.3 is 5.97 Å². The number of fused-ring (bicyclic) bond motifs is 1. The van der Waals surface area contributed by atoms with Crippen LogP contribution in [0.2, 0.25) is 0 Å². The number of furan rings is 1. The smallest absolute Gasteiger partial charge is 0.322 e. The summed E-state index contributed by atoms with van der Waals surface area (Å²) in [6, 6.07) is 4.61. The highest BCUT2D eigenvalue weighted by Crippen LogP contribution is 2.26. The second kappa shape index (κ2) is 5.42. The molecule has 2 aromatic rings. The third-order valence-electron chi connectivity index (χ3n) is 3.28. The summed E-state index contributed by atoms with van der Waals surface area (Å²) in [6.07, 6.45) is 3.80. The van der Waals surface area contributed by atoms with Crippen molar-refractivity contribution in [3.8, 4) is 0 Å². The molecule has 2 heterocycles. The van der Waals surface area contributed by atoms with Crippen LogP contribution in [0.25, 0.3) is 11.0 Å². The Bertz CT molecular complexity index is 755. The van der Waals surface area contributed by atoms with Crippen LogP contribution >= 0.6 is 0 Å². The monoisotopic (exact) mass is 309 g/mol. The van der Waals surface area contributed by atoms with Crippen LogP contribution in [0.5, 0.6) is 0 Å². The summed E-state index contributed by atoms with van der Waals surface area (Å²) < 4.78 is 32.5. The molecule has 21 heavy (non-hydrogen) atoms. The number of halogens is 1. The van der Waals surface area contributed by atoms with Gasteiger partial charge < -0.3 is 9.52 Å². The third kappa shape index (κ3) is 2.62. The van der Waals surface area contributed by atoms with Crippen molar-refractivity contribution in [1.29, 1.82) is 0 Å². The minimum Gasteiger partial charge on any atom is -0.480 e. The molecule has 0 saturated heterocycles. The van der Waals surface area contributed by atoms with Crippen LogP contribution in [0.3, 0.4) is 0 Å². The van der Waals surface area contributed by atoms with Gasteiger partial charge in [0.15, 0.2) is 11.0 Å². The van der Waals surface area contributed by atoms with Crippen LogP contribution in [0.4, 0.5) is 4.39 Å². The van der Waals surface area contributed by atoms with E-state index in [1.54, 1.807) is 12.2 Å². The minimum atomic E-state index is -1.75. The lowest BCUT2D eigenvalue weighted by molar-refractivity contribution is -0.141. The molecule has 1 aromatic heterocycles. The van der Waals surface area contributed by atoms with Gasteiger partial charge in [-0.05, 0) is 24.6 Å². The van der Waals surface area contributed by atoms with Crippen LogP contribution in [-0.2, 0) is 15.8 Å². The molecular formula is C14H12FNO4S. The maximum atomic E-state index is 13.2. The Morgan fingerprint density at radius 1 is 1.38 bits per heavy atom. The van der Waals surface area contributed by atoms with Gasteiger partial charge in [-0.15, -0.1) is 0 Å². The highest BCUT2D eigenvalue weighted by atomic mass is 32.2. The number of hydrogen-bond acceptors (Lipinski definition) is 3. The van der Waals surface area contributed by atoms with E-state index < -0.39 is 28.8 Å². The summed E-state index contributed by atoms with van der Waals surface area (Å²) >= 11 is 0. The van der Waals surface area contributed by atoms with Gasteiger partial charge in [-0.2, -0.15) is 4.31 Å². The van der Waals surface area contributed by atoms with Crippen molar-refractivity contribution >= 4 is 27.9 Å². The van der Waals surface area contributed by atoms with Gasteiger partial charge in [0.2, 0.25) is 5.09 Å². The third-order valence-corrected chi connectivity index (χ3v) is 4.66. The molecule has 110 valence electrons. The fourth-order valence-corrected chi connectivity index (χ4v) is 3.50. The second-order valence-corrected chi connectivity index (χ2v) is 6.03. The molecular weight excluding hydrogens is 297 g/mol. The first-order valence-corrected chi connectivity index (χ1v) is 7.42.